The lowest BCUT2D eigenvalue weighted by molar-refractivity contribution is -0.0315. The smallest absolute Gasteiger partial charge is 0.338 e. The number of rotatable bonds is 4. The Morgan fingerprint density at radius 2 is 1.96 bits per heavy atom. The van der Waals surface area contributed by atoms with E-state index in [1.165, 1.54) is 24.3 Å². The third kappa shape index (κ3) is 4.27. The summed E-state index contributed by atoms with van der Waals surface area (Å²) in [6.45, 7) is 0.421. The number of hydroxylamine groups is 2. The van der Waals surface area contributed by atoms with Crippen molar-refractivity contribution in [2.75, 3.05) is 13.2 Å². The van der Waals surface area contributed by atoms with Crippen LogP contribution in [0.25, 0.3) is 6.08 Å². The molecule has 2 aromatic carbocycles. The lowest BCUT2D eigenvalue weighted by Gasteiger charge is -2.13. The van der Waals surface area contributed by atoms with Crippen molar-refractivity contribution in [1.82, 2.24) is 5.06 Å². The summed E-state index contributed by atoms with van der Waals surface area (Å²) in [4.78, 5) is 11.0. The van der Waals surface area contributed by atoms with Crippen molar-refractivity contribution in [3.8, 4) is 17.2 Å². The van der Waals surface area contributed by atoms with E-state index in [2.05, 4.69) is 0 Å². The lowest BCUT2D eigenvalue weighted by Crippen LogP contribution is -2.34. The van der Waals surface area contributed by atoms with Crippen LogP contribution in [0.2, 0.25) is 0 Å². The molecule has 0 fully saturated rings. The minimum absolute atomic E-state index is 0.00117. The first-order valence-corrected chi connectivity index (χ1v) is 7.67. The first-order valence-electron chi connectivity index (χ1n) is 7.67. The highest BCUT2D eigenvalue weighted by Crippen LogP contribution is 2.31. The van der Waals surface area contributed by atoms with E-state index in [0.29, 0.717) is 35.3 Å². The highest BCUT2D eigenvalue weighted by Gasteiger charge is 2.14. The van der Waals surface area contributed by atoms with Gasteiger partial charge in [0.1, 0.15) is 23.1 Å². The zero-order valence-corrected chi connectivity index (χ0v) is 13.3. The molecule has 2 amide bonds. The summed E-state index contributed by atoms with van der Waals surface area (Å²) in [6, 6.07) is 10.1. The van der Waals surface area contributed by atoms with Crippen LogP contribution in [0.3, 0.4) is 0 Å². The maximum Gasteiger partial charge on any atom is 0.338 e. The van der Waals surface area contributed by atoms with Crippen molar-refractivity contribution in [2.45, 2.75) is 6.42 Å². The third-order valence-electron chi connectivity index (χ3n) is 3.68. The van der Waals surface area contributed by atoms with Crippen LogP contribution in [0, 0.1) is 5.82 Å². The van der Waals surface area contributed by atoms with Crippen LogP contribution in [0.15, 0.2) is 48.0 Å². The molecule has 130 valence electrons. The Morgan fingerprint density at radius 3 is 2.68 bits per heavy atom. The number of nitrogens with two attached hydrogens (primary N) is 1. The van der Waals surface area contributed by atoms with E-state index in [4.69, 9.17) is 15.2 Å². The molecule has 0 saturated carbocycles. The van der Waals surface area contributed by atoms with Crippen LogP contribution in [0.4, 0.5) is 9.18 Å². The summed E-state index contributed by atoms with van der Waals surface area (Å²) in [5.74, 6) is 1.40. The maximum absolute atomic E-state index is 13.0. The zero-order valence-electron chi connectivity index (χ0n) is 13.3. The predicted octanol–water partition coefficient (Wildman–Crippen LogP) is 3.55. The van der Waals surface area contributed by atoms with Crippen molar-refractivity contribution >= 4 is 12.1 Å². The van der Waals surface area contributed by atoms with E-state index in [-0.39, 0.29) is 12.4 Å². The fourth-order valence-corrected chi connectivity index (χ4v) is 2.45. The van der Waals surface area contributed by atoms with Crippen molar-refractivity contribution < 1.29 is 23.9 Å². The number of fused-ring (bicyclic) bond motifs is 1. The Labute approximate surface area is 143 Å². The number of halogens is 1. The number of ether oxygens (including phenoxy) is 2. The fourth-order valence-electron chi connectivity index (χ4n) is 2.45. The molecule has 0 radical (unpaired) electrons. The molecule has 3 rings (SSSR count). The molecule has 0 unspecified atom stereocenters. The summed E-state index contributed by atoms with van der Waals surface area (Å²) >= 11 is 0. The van der Waals surface area contributed by atoms with Crippen molar-refractivity contribution in [3.63, 3.8) is 0 Å². The van der Waals surface area contributed by atoms with Gasteiger partial charge in [0.25, 0.3) is 0 Å². The topological polar surface area (TPSA) is 85.0 Å². The Morgan fingerprint density at radius 1 is 1.24 bits per heavy atom. The second-order valence-electron chi connectivity index (χ2n) is 5.55. The predicted molar refractivity (Wildman–Crippen MR) is 89.1 cm³/mol. The van der Waals surface area contributed by atoms with Gasteiger partial charge in [0.15, 0.2) is 0 Å². The van der Waals surface area contributed by atoms with Crippen LogP contribution in [0.5, 0.6) is 17.2 Å². The van der Waals surface area contributed by atoms with Crippen LogP contribution in [0.1, 0.15) is 12.0 Å². The van der Waals surface area contributed by atoms with Gasteiger partial charge >= 0.3 is 6.03 Å². The van der Waals surface area contributed by atoms with Gasteiger partial charge in [0, 0.05) is 12.0 Å². The monoisotopic (exact) mass is 344 g/mol. The van der Waals surface area contributed by atoms with Crippen molar-refractivity contribution in [1.29, 1.82) is 0 Å². The number of urea groups is 1. The molecule has 6 nitrogen and oxygen atoms in total. The fraction of sp³-hybridized carbons (Fsp3) is 0.167. The Bertz CT molecular complexity index is 805. The van der Waals surface area contributed by atoms with Gasteiger partial charge in [-0.3, -0.25) is 5.21 Å². The molecule has 0 aliphatic carbocycles. The number of carbonyl (C=O) groups is 1. The number of hydrogen-bond donors (Lipinski definition) is 2. The summed E-state index contributed by atoms with van der Waals surface area (Å²) in [5, 5.41) is 9.97. The zero-order chi connectivity index (χ0) is 17.8. The number of hydrogen-bond acceptors (Lipinski definition) is 4. The summed E-state index contributed by atoms with van der Waals surface area (Å²) in [5.41, 5.74) is 6.58. The second-order valence-corrected chi connectivity index (χ2v) is 5.55. The van der Waals surface area contributed by atoms with Gasteiger partial charge in [0.2, 0.25) is 0 Å². The van der Waals surface area contributed by atoms with Gasteiger partial charge < -0.3 is 15.2 Å². The Balaban J connectivity index is 1.83. The molecular formula is C18H17FN2O4. The minimum atomic E-state index is -0.917. The number of primary amides is 1. The SMILES string of the molecule is NC(=O)N(O)CC1=Cc2cc(Oc3ccc(F)cc3)ccc2OCC1. The van der Waals surface area contributed by atoms with Gasteiger partial charge in [-0.15, -0.1) is 0 Å². The number of carbonyl (C=O) groups excluding carboxylic acids is 1. The third-order valence-corrected chi connectivity index (χ3v) is 3.68. The number of amides is 2. The summed E-state index contributed by atoms with van der Waals surface area (Å²) in [6.07, 6.45) is 2.37. The average Bonchev–Trinajstić information content (AvgIpc) is 2.78. The quantitative estimate of drug-likeness (QED) is 0.656. The molecule has 0 saturated heterocycles. The molecule has 0 atom stereocenters. The molecule has 25 heavy (non-hydrogen) atoms. The normalized spacial score (nSPS) is 13.1. The van der Waals surface area contributed by atoms with Crippen LogP contribution in [-0.4, -0.2) is 29.5 Å². The molecule has 2 aromatic rings. The number of benzene rings is 2. The van der Waals surface area contributed by atoms with Gasteiger partial charge in [-0.25, -0.2) is 14.2 Å². The van der Waals surface area contributed by atoms with Gasteiger partial charge in [-0.05, 0) is 54.1 Å². The Hall–Kier alpha value is -3.06. The average molecular weight is 344 g/mol. The molecule has 7 heteroatoms. The number of nitrogens with zero attached hydrogens (tertiary/aromatic N) is 1. The van der Waals surface area contributed by atoms with Crippen LogP contribution < -0.4 is 15.2 Å². The van der Waals surface area contributed by atoms with E-state index in [1.54, 1.807) is 18.2 Å². The molecule has 3 N–H and O–H groups in total. The molecule has 1 aliphatic rings. The van der Waals surface area contributed by atoms with E-state index in [1.807, 2.05) is 6.08 Å². The highest BCUT2D eigenvalue weighted by atomic mass is 19.1. The van der Waals surface area contributed by atoms with Gasteiger partial charge in [-0.2, -0.15) is 0 Å². The van der Waals surface area contributed by atoms with Gasteiger partial charge in [0.05, 0.1) is 13.2 Å². The van der Waals surface area contributed by atoms with Crippen LogP contribution >= 0.6 is 0 Å². The Kier molecular flexibility index (Phi) is 4.85. The molecular weight excluding hydrogens is 327 g/mol. The standard InChI is InChI=1S/C18H17FN2O4/c19-14-1-3-15(4-2-14)25-16-5-6-17-13(10-16)9-12(7-8-24-17)11-21(23)18(20)22/h1-6,9-10,23H,7-8,11H2,(H2,20,22). The summed E-state index contributed by atoms with van der Waals surface area (Å²) in [7, 11) is 0. The second kappa shape index (κ2) is 7.23. The van der Waals surface area contributed by atoms with Crippen molar-refractivity contribution in [3.05, 3.63) is 59.4 Å². The van der Waals surface area contributed by atoms with Crippen LogP contribution in [-0.2, 0) is 0 Å². The molecule has 0 bridgehead atoms. The highest BCUT2D eigenvalue weighted by molar-refractivity contribution is 5.71. The van der Waals surface area contributed by atoms with E-state index in [0.717, 1.165) is 11.1 Å². The summed E-state index contributed by atoms with van der Waals surface area (Å²) < 4.78 is 24.3. The minimum Gasteiger partial charge on any atom is -0.493 e. The molecule has 0 spiro atoms. The van der Waals surface area contributed by atoms with Crippen molar-refractivity contribution in [2.24, 2.45) is 5.73 Å². The largest absolute Gasteiger partial charge is 0.493 e. The maximum atomic E-state index is 13.0. The molecule has 0 aromatic heterocycles. The molecule has 1 aliphatic heterocycles. The lowest BCUT2D eigenvalue weighted by atomic mass is 10.1. The first kappa shape index (κ1) is 16.8. The van der Waals surface area contributed by atoms with E-state index >= 15 is 0 Å². The van der Waals surface area contributed by atoms with E-state index in [9.17, 15) is 14.4 Å². The van der Waals surface area contributed by atoms with E-state index < -0.39 is 6.03 Å². The molecule has 1 heterocycles. The van der Waals surface area contributed by atoms with Gasteiger partial charge in [-0.1, -0.05) is 0 Å². The first-order chi connectivity index (χ1) is 12.0.